The topological polar surface area (TPSA) is 29.5 Å². The summed E-state index contributed by atoms with van der Waals surface area (Å²) >= 11 is 11.8. The van der Waals surface area contributed by atoms with E-state index in [0.29, 0.717) is 21.4 Å². The van der Waals surface area contributed by atoms with E-state index in [1.807, 2.05) is 0 Å². The molecule has 0 aliphatic rings. The molecule has 0 saturated heterocycles. The Kier molecular flexibility index (Phi) is 3.81. The second-order valence-electron chi connectivity index (χ2n) is 2.69. The van der Waals surface area contributed by atoms with E-state index in [-0.39, 0.29) is 0 Å². The lowest BCUT2D eigenvalue weighted by atomic mass is 10.1. The minimum absolute atomic E-state index is 0.402. The van der Waals surface area contributed by atoms with Crippen LogP contribution in [0.15, 0.2) is 24.8 Å². The zero-order valence-corrected chi connectivity index (χ0v) is 9.14. The summed E-state index contributed by atoms with van der Waals surface area (Å²) in [5.74, 6) is 0.483. The van der Waals surface area contributed by atoms with E-state index < -0.39 is 6.10 Å². The first-order valence-corrected chi connectivity index (χ1v) is 4.69. The van der Waals surface area contributed by atoms with Crippen molar-refractivity contribution in [3.05, 3.63) is 40.4 Å². The molecule has 0 fully saturated rings. The molecule has 0 aromatic heterocycles. The van der Waals surface area contributed by atoms with Crippen molar-refractivity contribution in [3.8, 4) is 5.75 Å². The Bertz CT molecular complexity index is 350. The highest BCUT2D eigenvalue weighted by Gasteiger charge is 2.12. The summed E-state index contributed by atoms with van der Waals surface area (Å²) in [6.07, 6.45) is 0.565. The molecule has 1 N–H and O–H groups in total. The average molecular weight is 233 g/mol. The monoisotopic (exact) mass is 232 g/mol. The minimum Gasteiger partial charge on any atom is -0.495 e. The van der Waals surface area contributed by atoms with Crippen molar-refractivity contribution in [1.82, 2.24) is 0 Å². The summed E-state index contributed by atoms with van der Waals surface area (Å²) in [4.78, 5) is 0. The van der Waals surface area contributed by atoms with Gasteiger partial charge in [-0.15, -0.1) is 6.58 Å². The van der Waals surface area contributed by atoms with Crippen molar-refractivity contribution >= 4 is 23.2 Å². The van der Waals surface area contributed by atoms with Gasteiger partial charge in [-0.1, -0.05) is 29.3 Å². The van der Waals surface area contributed by atoms with Gasteiger partial charge in [0.1, 0.15) is 5.75 Å². The maximum Gasteiger partial charge on any atom is 0.138 e. The fourth-order valence-electron chi connectivity index (χ4n) is 1.05. The summed E-state index contributed by atoms with van der Waals surface area (Å²) in [5, 5.41) is 10.3. The zero-order chi connectivity index (χ0) is 10.7. The molecular formula is C10H10Cl2O2. The number of aliphatic hydroxyl groups excluding tert-OH is 1. The number of aliphatic hydroxyl groups is 1. The first-order chi connectivity index (χ1) is 6.60. The van der Waals surface area contributed by atoms with Crippen molar-refractivity contribution in [2.75, 3.05) is 7.11 Å². The Balaban J connectivity index is 3.21. The van der Waals surface area contributed by atoms with Crippen molar-refractivity contribution in [1.29, 1.82) is 0 Å². The van der Waals surface area contributed by atoms with Gasteiger partial charge in [0.15, 0.2) is 0 Å². The summed E-state index contributed by atoms with van der Waals surface area (Å²) in [6, 6.07) is 3.13. The van der Waals surface area contributed by atoms with E-state index >= 15 is 0 Å². The standard InChI is InChI=1S/C10H10Cl2O2/c1-3-9(13)6-4-8(12)10(14-2)5-7(6)11/h3-5,9,13H,1H2,2H3. The molecule has 0 aliphatic heterocycles. The van der Waals surface area contributed by atoms with Crippen LogP contribution in [0.25, 0.3) is 0 Å². The molecular weight excluding hydrogens is 223 g/mol. The third kappa shape index (κ3) is 2.21. The van der Waals surface area contributed by atoms with E-state index in [2.05, 4.69) is 6.58 Å². The number of ether oxygens (including phenoxy) is 1. The van der Waals surface area contributed by atoms with Crippen LogP contribution in [0.2, 0.25) is 10.0 Å². The summed E-state index contributed by atoms with van der Waals surface area (Å²) in [7, 11) is 1.50. The lowest BCUT2D eigenvalue weighted by Crippen LogP contribution is -1.95. The maximum atomic E-state index is 9.50. The first kappa shape index (κ1) is 11.4. The Morgan fingerprint density at radius 1 is 1.43 bits per heavy atom. The van der Waals surface area contributed by atoms with E-state index in [0.717, 1.165) is 0 Å². The molecule has 14 heavy (non-hydrogen) atoms. The van der Waals surface area contributed by atoms with E-state index in [1.54, 1.807) is 12.1 Å². The van der Waals surface area contributed by atoms with Crippen LogP contribution >= 0.6 is 23.2 Å². The number of rotatable bonds is 3. The molecule has 0 amide bonds. The number of hydrogen-bond acceptors (Lipinski definition) is 2. The van der Waals surface area contributed by atoms with Crippen molar-refractivity contribution < 1.29 is 9.84 Å². The van der Waals surface area contributed by atoms with Crippen LogP contribution in [0, 0.1) is 0 Å². The van der Waals surface area contributed by atoms with Crippen molar-refractivity contribution in [2.45, 2.75) is 6.10 Å². The third-order valence-corrected chi connectivity index (χ3v) is 2.44. The minimum atomic E-state index is -0.814. The smallest absolute Gasteiger partial charge is 0.138 e. The zero-order valence-electron chi connectivity index (χ0n) is 7.63. The van der Waals surface area contributed by atoms with E-state index in [9.17, 15) is 5.11 Å². The van der Waals surface area contributed by atoms with Crippen LogP contribution in [0.4, 0.5) is 0 Å². The number of hydrogen-bond donors (Lipinski definition) is 1. The highest BCUT2D eigenvalue weighted by molar-refractivity contribution is 6.34. The Morgan fingerprint density at radius 2 is 2.07 bits per heavy atom. The quantitative estimate of drug-likeness (QED) is 0.812. The molecule has 1 unspecified atom stereocenters. The van der Waals surface area contributed by atoms with Crippen molar-refractivity contribution in [2.24, 2.45) is 0 Å². The van der Waals surface area contributed by atoms with Gasteiger partial charge in [-0.3, -0.25) is 0 Å². The normalized spacial score (nSPS) is 12.3. The van der Waals surface area contributed by atoms with E-state index in [4.69, 9.17) is 27.9 Å². The molecule has 1 atom stereocenters. The van der Waals surface area contributed by atoms with Crippen LogP contribution in [0.3, 0.4) is 0 Å². The Hall–Kier alpha value is -0.700. The van der Waals surface area contributed by atoms with Gasteiger partial charge in [-0.05, 0) is 6.07 Å². The van der Waals surface area contributed by atoms with Gasteiger partial charge in [-0.2, -0.15) is 0 Å². The Labute approximate surface area is 92.7 Å². The number of methoxy groups -OCH3 is 1. The molecule has 0 heterocycles. The summed E-state index contributed by atoms with van der Waals surface area (Å²) in [6.45, 7) is 3.47. The van der Waals surface area contributed by atoms with E-state index in [1.165, 1.54) is 13.2 Å². The van der Waals surface area contributed by atoms with Gasteiger partial charge < -0.3 is 9.84 Å². The highest BCUT2D eigenvalue weighted by Crippen LogP contribution is 2.34. The molecule has 1 aromatic rings. The second-order valence-corrected chi connectivity index (χ2v) is 3.50. The SMILES string of the molecule is C=CC(O)c1cc(Cl)c(OC)cc1Cl. The molecule has 0 saturated carbocycles. The molecule has 4 heteroatoms. The molecule has 0 spiro atoms. The lowest BCUT2D eigenvalue weighted by molar-refractivity contribution is 0.229. The van der Waals surface area contributed by atoms with Crippen LogP contribution in [0.5, 0.6) is 5.75 Å². The molecule has 0 radical (unpaired) electrons. The Morgan fingerprint density at radius 3 is 2.57 bits per heavy atom. The molecule has 76 valence electrons. The molecule has 1 rings (SSSR count). The van der Waals surface area contributed by atoms with Crippen molar-refractivity contribution in [3.63, 3.8) is 0 Å². The third-order valence-electron chi connectivity index (χ3n) is 1.81. The highest BCUT2D eigenvalue weighted by atomic mass is 35.5. The largest absolute Gasteiger partial charge is 0.495 e. The van der Waals surface area contributed by atoms with Crippen LogP contribution in [-0.2, 0) is 0 Å². The molecule has 1 aromatic carbocycles. The second kappa shape index (κ2) is 4.69. The predicted molar refractivity (Wildman–Crippen MR) is 58.2 cm³/mol. The molecule has 0 aliphatic carbocycles. The first-order valence-electron chi connectivity index (χ1n) is 3.93. The van der Waals surface area contributed by atoms with Gasteiger partial charge in [0.05, 0.1) is 23.3 Å². The summed E-state index contributed by atoms with van der Waals surface area (Å²) < 4.78 is 4.97. The van der Waals surface area contributed by atoms with Crippen LogP contribution in [-0.4, -0.2) is 12.2 Å². The van der Waals surface area contributed by atoms with Gasteiger partial charge in [0.25, 0.3) is 0 Å². The van der Waals surface area contributed by atoms with Gasteiger partial charge >= 0.3 is 0 Å². The summed E-state index contributed by atoms with van der Waals surface area (Å²) in [5.41, 5.74) is 0.521. The number of benzene rings is 1. The number of halogens is 2. The fraction of sp³-hybridized carbons (Fsp3) is 0.200. The van der Waals surface area contributed by atoms with Gasteiger partial charge in [0, 0.05) is 11.6 Å². The molecule has 0 bridgehead atoms. The lowest BCUT2D eigenvalue weighted by Gasteiger charge is -2.11. The predicted octanol–water partition coefficient (Wildman–Crippen LogP) is 3.22. The fourth-order valence-corrected chi connectivity index (χ4v) is 1.57. The van der Waals surface area contributed by atoms with Crippen LogP contribution < -0.4 is 4.74 Å². The van der Waals surface area contributed by atoms with Gasteiger partial charge in [0.2, 0.25) is 0 Å². The van der Waals surface area contributed by atoms with Gasteiger partial charge in [-0.25, -0.2) is 0 Å². The van der Waals surface area contributed by atoms with Crippen LogP contribution in [0.1, 0.15) is 11.7 Å². The maximum absolute atomic E-state index is 9.50. The molecule has 2 nitrogen and oxygen atoms in total. The average Bonchev–Trinajstić information content (AvgIpc) is 2.19.